The summed E-state index contributed by atoms with van der Waals surface area (Å²) in [6, 6.07) is 7.26. The van der Waals surface area contributed by atoms with Crippen LogP contribution in [-0.4, -0.2) is 6.61 Å². The van der Waals surface area contributed by atoms with Crippen LogP contribution in [0, 0.1) is 0 Å². The lowest BCUT2D eigenvalue weighted by molar-refractivity contribution is 0.342. The first-order chi connectivity index (χ1) is 7.24. The van der Waals surface area contributed by atoms with Crippen molar-refractivity contribution < 1.29 is 4.74 Å². The molecule has 0 saturated heterocycles. The third-order valence-electron chi connectivity index (χ3n) is 1.94. The zero-order valence-electron chi connectivity index (χ0n) is 8.09. The van der Waals surface area contributed by atoms with Crippen LogP contribution in [0.3, 0.4) is 0 Å². The topological polar surface area (TPSA) is 33.3 Å². The maximum absolute atomic E-state index is 5.76. The Bertz CT molecular complexity index is 398. The molecule has 0 fully saturated rings. The van der Waals surface area contributed by atoms with Crippen LogP contribution in [0.1, 0.15) is 0 Å². The van der Waals surface area contributed by atoms with Gasteiger partial charge >= 0.3 is 0 Å². The molecule has 0 amide bonds. The molecule has 1 aromatic rings. The smallest absolute Gasteiger partial charge is 0.130 e. The maximum atomic E-state index is 5.76. The van der Waals surface area contributed by atoms with Gasteiger partial charge in [0.25, 0.3) is 0 Å². The second-order valence-electron chi connectivity index (χ2n) is 3.19. The van der Waals surface area contributed by atoms with Crippen molar-refractivity contribution in [2.75, 3.05) is 6.61 Å². The molecule has 0 radical (unpaired) electrons. The molecule has 0 aliphatic carbocycles. The molecule has 0 spiro atoms. The number of nitrogens with one attached hydrogen (secondary N) is 2. The monoisotopic (exact) mass is 222 g/mol. The Kier molecular flexibility index (Phi) is 2.83. The largest absolute Gasteiger partial charge is 0.487 e. The van der Waals surface area contributed by atoms with Gasteiger partial charge in [-0.25, -0.2) is 0 Å². The van der Waals surface area contributed by atoms with E-state index in [1.54, 1.807) is 12.1 Å². The number of benzene rings is 1. The average Bonchev–Trinajstić information content (AvgIpc) is 2.64. The van der Waals surface area contributed by atoms with Crippen LogP contribution in [0.2, 0.25) is 5.02 Å². The van der Waals surface area contributed by atoms with E-state index in [-0.39, 0.29) is 0 Å². The fourth-order valence-electron chi connectivity index (χ4n) is 1.21. The van der Waals surface area contributed by atoms with Crippen molar-refractivity contribution in [1.29, 1.82) is 0 Å². The summed E-state index contributed by atoms with van der Waals surface area (Å²) in [7, 11) is 0. The van der Waals surface area contributed by atoms with Crippen molar-refractivity contribution in [3.05, 3.63) is 53.3 Å². The minimum atomic E-state index is 0.480. The lowest BCUT2D eigenvalue weighted by Crippen LogP contribution is -2.25. The molecule has 0 unspecified atom stereocenters. The summed E-state index contributed by atoms with van der Waals surface area (Å²) in [5.74, 6) is 0.791. The van der Waals surface area contributed by atoms with Gasteiger partial charge in [0, 0.05) is 10.7 Å². The summed E-state index contributed by atoms with van der Waals surface area (Å²) in [5.41, 5.74) is 7.62. The quantitative estimate of drug-likeness (QED) is 0.823. The zero-order chi connectivity index (χ0) is 10.7. The molecule has 78 valence electrons. The van der Waals surface area contributed by atoms with Gasteiger partial charge in [-0.15, -0.1) is 0 Å². The van der Waals surface area contributed by atoms with Gasteiger partial charge in [-0.05, 0) is 30.3 Å². The van der Waals surface area contributed by atoms with Crippen molar-refractivity contribution in [3.8, 4) is 5.75 Å². The fraction of sp³-hybridized carbons (Fsp3) is 0.0909. The second-order valence-corrected chi connectivity index (χ2v) is 3.62. The van der Waals surface area contributed by atoms with Crippen molar-refractivity contribution in [1.82, 2.24) is 10.9 Å². The first-order valence-corrected chi connectivity index (χ1v) is 4.92. The van der Waals surface area contributed by atoms with E-state index < -0.39 is 0 Å². The Morgan fingerprint density at radius 1 is 1.20 bits per heavy atom. The predicted molar refractivity (Wildman–Crippen MR) is 60.4 cm³/mol. The van der Waals surface area contributed by atoms with Crippen LogP contribution in [0.25, 0.3) is 0 Å². The highest BCUT2D eigenvalue weighted by Gasteiger charge is 2.05. The molecule has 15 heavy (non-hydrogen) atoms. The number of hydrogen-bond donors (Lipinski definition) is 2. The number of rotatable bonds is 3. The van der Waals surface area contributed by atoms with Gasteiger partial charge in [-0.1, -0.05) is 18.2 Å². The van der Waals surface area contributed by atoms with Gasteiger partial charge in [-0.3, -0.25) is 0 Å². The highest BCUT2D eigenvalue weighted by molar-refractivity contribution is 6.30. The van der Waals surface area contributed by atoms with E-state index in [0.29, 0.717) is 11.6 Å². The fourth-order valence-corrected chi connectivity index (χ4v) is 1.34. The van der Waals surface area contributed by atoms with Crippen LogP contribution in [0.15, 0.2) is 48.3 Å². The summed E-state index contributed by atoms with van der Waals surface area (Å²) < 4.78 is 5.52. The van der Waals surface area contributed by atoms with E-state index >= 15 is 0 Å². The summed E-state index contributed by atoms with van der Waals surface area (Å²) in [6.45, 7) is 4.23. The second kappa shape index (κ2) is 4.28. The average molecular weight is 223 g/mol. The predicted octanol–water partition coefficient (Wildman–Crippen LogP) is 2.22. The minimum absolute atomic E-state index is 0.480. The van der Waals surface area contributed by atoms with Gasteiger partial charge in [-0.2, -0.15) is 0 Å². The van der Waals surface area contributed by atoms with Crippen molar-refractivity contribution in [2.45, 2.75) is 0 Å². The number of ether oxygens (including phenoxy) is 1. The Labute approximate surface area is 93.4 Å². The van der Waals surface area contributed by atoms with Gasteiger partial charge in [0.15, 0.2) is 0 Å². The van der Waals surface area contributed by atoms with E-state index in [2.05, 4.69) is 17.4 Å². The SMILES string of the molecule is C=C1C=C(COc2ccc(Cl)cc2)NN1. The molecular formula is C11H11ClN2O. The van der Waals surface area contributed by atoms with Crippen molar-refractivity contribution in [2.24, 2.45) is 0 Å². The van der Waals surface area contributed by atoms with Crippen LogP contribution < -0.4 is 15.6 Å². The molecule has 1 aromatic carbocycles. The molecule has 4 heteroatoms. The highest BCUT2D eigenvalue weighted by atomic mass is 35.5. The van der Waals surface area contributed by atoms with Crippen LogP contribution in [0.5, 0.6) is 5.75 Å². The summed E-state index contributed by atoms with van der Waals surface area (Å²) in [4.78, 5) is 0. The van der Waals surface area contributed by atoms with Gasteiger partial charge < -0.3 is 15.6 Å². The Morgan fingerprint density at radius 3 is 2.53 bits per heavy atom. The van der Waals surface area contributed by atoms with Crippen molar-refractivity contribution >= 4 is 11.6 Å². The molecule has 0 saturated carbocycles. The molecular weight excluding hydrogens is 212 g/mol. The number of hydrogen-bond acceptors (Lipinski definition) is 3. The molecule has 0 atom stereocenters. The van der Waals surface area contributed by atoms with E-state index in [0.717, 1.165) is 17.1 Å². The summed E-state index contributed by atoms with van der Waals surface area (Å²) in [5, 5.41) is 0.704. The van der Waals surface area contributed by atoms with Crippen molar-refractivity contribution in [3.63, 3.8) is 0 Å². The standard InChI is InChI=1S/C11H11ClN2O/c1-8-6-10(14-13-8)7-15-11-4-2-9(12)3-5-11/h2-6,13-14H,1,7H2. The third kappa shape index (κ3) is 2.67. The number of hydrazine groups is 1. The molecule has 1 aliphatic heterocycles. The zero-order valence-corrected chi connectivity index (χ0v) is 8.84. The Hall–Kier alpha value is -1.61. The van der Waals surface area contributed by atoms with Crippen LogP contribution >= 0.6 is 11.6 Å². The molecule has 2 rings (SSSR count). The number of allylic oxidation sites excluding steroid dienone is 1. The molecule has 0 bridgehead atoms. The number of halogens is 1. The molecule has 2 N–H and O–H groups in total. The first kappa shape index (κ1) is 9.93. The van der Waals surface area contributed by atoms with E-state index in [1.807, 2.05) is 18.2 Å². The van der Waals surface area contributed by atoms with E-state index in [9.17, 15) is 0 Å². The lowest BCUT2D eigenvalue weighted by Gasteiger charge is -2.07. The lowest BCUT2D eigenvalue weighted by atomic mass is 10.3. The van der Waals surface area contributed by atoms with E-state index in [1.165, 1.54) is 0 Å². The third-order valence-corrected chi connectivity index (χ3v) is 2.19. The summed E-state index contributed by atoms with van der Waals surface area (Å²) in [6.07, 6.45) is 1.90. The minimum Gasteiger partial charge on any atom is -0.487 e. The molecule has 0 aromatic heterocycles. The normalized spacial score (nSPS) is 14.2. The highest BCUT2D eigenvalue weighted by Crippen LogP contribution is 2.16. The maximum Gasteiger partial charge on any atom is 0.130 e. The first-order valence-electron chi connectivity index (χ1n) is 4.54. The van der Waals surface area contributed by atoms with Gasteiger partial charge in [0.1, 0.15) is 12.4 Å². The molecule has 1 heterocycles. The molecule has 1 aliphatic rings. The molecule has 3 nitrogen and oxygen atoms in total. The van der Waals surface area contributed by atoms with Gasteiger partial charge in [0.2, 0.25) is 0 Å². The van der Waals surface area contributed by atoms with Crippen LogP contribution in [0.4, 0.5) is 0 Å². The van der Waals surface area contributed by atoms with E-state index in [4.69, 9.17) is 16.3 Å². The Balaban J connectivity index is 1.91. The summed E-state index contributed by atoms with van der Waals surface area (Å²) >= 11 is 5.76. The van der Waals surface area contributed by atoms with Crippen LogP contribution in [-0.2, 0) is 0 Å². The Morgan fingerprint density at radius 2 is 1.93 bits per heavy atom. The van der Waals surface area contributed by atoms with Gasteiger partial charge in [0.05, 0.1) is 5.70 Å².